The molecule has 1 aliphatic rings. The molecule has 0 aliphatic heterocycles. The minimum atomic E-state index is 0.525. The molecule has 0 saturated heterocycles. The highest BCUT2D eigenvalue weighted by atomic mass is 79.9. The average molecular weight is 296 g/mol. The van der Waals surface area contributed by atoms with Gasteiger partial charge in [0.15, 0.2) is 0 Å². The highest BCUT2D eigenvalue weighted by Gasteiger charge is 2.22. The lowest BCUT2D eigenvalue weighted by molar-refractivity contribution is 0.481. The fraction of sp³-hybridized carbons (Fsp3) is 0.600. The van der Waals surface area contributed by atoms with E-state index < -0.39 is 0 Å². The molecule has 1 saturated carbocycles. The van der Waals surface area contributed by atoms with Crippen LogP contribution in [0.5, 0.6) is 0 Å². The van der Waals surface area contributed by atoms with Gasteiger partial charge >= 0.3 is 0 Å². The molecule has 0 radical (unpaired) electrons. The van der Waals surface area contributed by atoms with Gasteiger partial charge in [-0.25, -0.2) is 0 Å². The Balaban J connectivity index is 2.05. The molecule has 0 heterocycles. The second-order valence-electron chi connectivity index (χ2n) is 5.19. The average Bonchev–Trinajstić information content (AvgIpc) is 3.06. The van der Waals surface area contributed by atoms with Gasteiger partial charge in [-0.2, -0.15) is 0 Å². The van der Waals surface area contributed by atoms with Crippen molar-refractivity contribution in [2.24, 2.45) is 5.92 Å². The van der Waals surface area contributed by atoms with Crippen molar-refractivity contribution in [1.29, 1.82) is 0 Å². The monoisotopic (exact) mass is 295 g/mol. The van der Waals surface area contributed by atoms with E-state index in [1.807, 2.05) is 0 Å². The summed E-state index contributed by atoms with van der Waals surface area (Å²) in [5, 5.41) is 3.62. The molecule has 1 atom stereocenters. The maximum atomic E-state index is 3.62. The van der Waals surface area contributed by atoms with Crippen LogP contribution in [0.25, 0.3) is 0 Å². The fourth-order valence-electron chi connectivity index (χ4n) is 2.41. The highest BCUT2D eigenvalue weighted by molar-refractivity contribution is 9.10. The zero-order valence-electron chi connectivity index (χ0n) is 10.8. The molecular formula is C15H22BrN. The summed E-state index contributed by atoms with van der Waals surface area (Å²) in [4.78, 5) is 0. The van der Waals surface area contributed by atoms with Crippen LogP contribution in [0, 0.1) is 12.8 Å². The smallest absolute Gasteiger partial charge is 0.0320 e. The normalized spacial score (nSPS) is 17.1. The Morgan fingerprint density at radius 3 is 2.71 bits per heavy atom. The minimum Gasteiger partial charge on any atom is -0.310 e. The van der Waals surface area contributed by atoms with Crippen LogP contribution in [0.4, 0.5) is 0 Å². The minimum absolute atomic E-state index is 0.525. The van der Waals surface area contributed by atoms with E-state index in [9.17, 15) is 0 Å². The van der Waals surface area contributed by atoms with Crippen LogP contribution in [-0.4, -0.2) is 6.54 Å². The molecule has 2 heteroatoms. The largest absolute Gasteiger partial charge is 0.310 e. The van der Waals surface area contributed by atoms with Gasteiger partial charge in [0, 0.05) is 10.5 Å². The Hall–Kier alpha value is -0.340. The molecule has 94 valence electrons. The van der Waals surface area contributed by atoms with Crippen molar-refractivity contribution in [3.63, 3.8) is 0 Å². The first-order valence-electron chi connectivity index (χ1n) is 6.69. The van der Waals surface area contributed by atoms with Crippen molar-refractivity contribution >= 4 is 15.9 Å². The molecule has 1 unspecified atom stereocenters. The SMILES string of the molecule is CCNC(CCC1CC1)c1cc(C)cc(Br)c1. The summed E-state index contributed by atoms with van der Waals surface area (Å²) >= 11 is 3.60. The first-order valence-corrected chi connectivity index (χ1v) is 7.49. The molecular weight excluding hydrogens is 274 g/mol. The van der Waals surface area contributed by atoms with Gasteiger partial charge in [-0.3, -0.25) is 0 Å². The Labute approximate surface area is 113 Å². The first kappa shape index (κ1) is 13.1. The van der Waals surface area contributed by atoms with Gasteiger partial charge < -0.3 is 5.32 Å². The molecule has 2 rings (SSSR count). The summed E-state index contributed by atoms with van der Waals surface area (Å²) in [6, 6.07) is 7.27. The predicted molar refractivity (Wildman–Crippen MR) is 77.3 cm³/mol. The lowest BCUT2D eigenvalue weighted by Crippen LogP contribution is -2.21. The lowest BCUT2D eigenvalue weighted by Gasteiger charge is -2.19. The number of benzene rings is 1. The first-order chi connectivity index (χ1) is 8.19. The van der Waals surface area contributed by atoms with Crippen LogP contribution < -0.4 is 5.32 Å². The van der Waals surface area contributed by atoms with Crippen LogP contribution in [0.1, 0.15) is 49.8 Å². The second-order valence-corrected chi connectivity index (χ2v) is 6.11. The van der Waals surface area contributed by atoms with Crippen molar-refractivity contribution in [2.45, 2.75) is 45.6 Å². The van der Waals surface area contributed by atoms with Gasteiger partial charge in [0.05, 0.1) is 0 Å². The number of aryl methyl sites for hydroxylation is 1. The van der Waals surface area contributed by atoms with Gasteiger partial charge in [-0.15, -0.1) is 0 Å². The molecule has 1 N–H and O–H groups in total. The molecule has 17 heavy (non-hydrogen) atoms. The Morgan fingerprint density at radius 1 is 1.35 bits per heavy atom. The third-order valence-corrected chi connectivity index (χ3v) is 3.94. The van der Waals surface area contributed by atoms with Gasteiger partial charge in [0.25, 0.3) is 0 Å². The standard InChI is InChI=1S/C15H22BrN/c1-3-17-15(7-6-12-4-5-12)13-8-11(2)9-14(16)10-13/h8-10,12,15,17H,3-7H2,1-2H3. The van der Waals surface area contributed by atoms with E-state index in [1.54, 1.807) is 0 Å². The molecule has 1 nitrogen and oxygen atoms in total. The Morgan fingerprint density at radius 2 is 2.12 bits per heavy atom. The van der Waals surface area contributed by atoms with E-state index in [-0.39, 0.29) is 0 Å². The summed E-state index contributed by atoms with van der Waals surface area (Å²) < 4.78 is 1.20. The Bertz CT molecular complexity index is 351. The van der Waals surface area contributed by atoms with Crippen LogP contribution in [0.2, 0.25) is 0 Å². The molecule has 0 bridgehead atoms. The fourth-order valence-corrected chi connectivity index (χ4v) is 3.03. The molecule has 1 aromatic rings. The van der Waals surface area contributed by atoms with Gasteiger partial charge in [0.1, 0.15) is 0 Å². The third kappa shape index (κ3) is 4.11. The zero-order chi connectivity index (χ0) is 12.3. The number of rotatable bonds is 6. The highest BCUT2D eigenvalue weighted by Crippen LogP contribution is 2.36. The van der Waals surface area contributed by atoms with E-state index >= 15 is 0 Å². The predicted octanol–water partition coefficient (Wildman–Crippen LogP) is 4.60. The zero-order valence-corrected chi connectivity index (χ0v) is 12.4. The summed E-state index contributed by atoms with van der Waals surface area (Å²) in [6.45, 7) is 5.40. The number of nitrogens with one attached hydrogen (secondary N) is 1. The van der Waals surface area contributed by atoms with Gasteiger partial charge in [-0.05, 0) is 55.5 Å². The van der Waals surface area contributed by atoms with Crippen molar-refractivity contribution in [3.05, 3.63) is 33.8 Å². The molecule has 1 aliphatic carbocycles. The van der Waals surface area contributed by atoms with Crippen molar-refractivity contribution in [2.75, 3.05) is 6.54 Å². The molecule has 0 spiro atoms. The van der Waals surface area contributed by atoms with Crippen molar-refractivity contribution < 1.29 is 0 Å². The van der Waals surface area contributed by atoms with E-state index in [1.165, 1.54) is 41.3 Å². The van der Waals surface area contributed by atoms with Gasteiger partial charge in [-0.1, -0.05) is 41.8 Å². The third-order valence-electron chi connectivity index (χ3n) is 3.48. The Kier molecular flexibility index (Phi) is 4.63. The van der Waals surface area contributed by atoms with E-state index in [0.29, 0.717) is 6.04 Å². The van der Waals surface area contributed by atoms with Crippen molar-refractivity contribution in [1.82, 2.24) is 5.32 Å². The molecule has 0 amide bonds. The molecule has 1 aromatic carbocycles. The van der Waals surface area contributed by atoms with Crippen LogP contribution >= 0.6 is 15.9 Å². The number of hydrogen-bond donors (Lipinski definition) is 1. The topological polar surface area (TPSA) is 12.0 Å². The quantitative estimate of drug-likeness (QED) is 0.809. The van der Waals surface area contributed by atoms with E-state index in [0.717, 1.165) is 12.5 Å². The lowest BCUT2D eigenvalue weighted by atomic mass is 9.99. The van der Waals surface area contributed by atoms with E-state index in [4.69, 9.17) is 0 Å². The molecule has 0 aromatic heterocycles. The van der Waals surface area contributed by atoms with E-state index in [2.05, 4.69) is 53.3 Å². The van der Waals surface area contributed by atoms with Crippen LogP contribution in [0.3, 0.4) is 0 Å². The number of hydrogen-bond acceptors (Lipinski definition) is 1. The summed E-state index contributed by atoms with van der Waals surface area (Å²) in [7, 11) is 0. The van der Waals surface area contributed by atoms with Gasteiger partial charge in [0.2, 0.25) is 0 Å². The number of halogens is 1. The maximum absolute atomic E-state index is 3.62. The second kappa shape index (κ2) is 6.01. The summed E-state index contributed by atoms with van der Waals surface area (Å²) in [5.41, 5.74) is 2.77. The van der Waals surface area contributed by atoms with Crippen molar-refractivity contribution in [3.8, 4) is 0 Å². The van der Waals surface area contributed by atoms with Crippen LogP contribution in [0.15, 0.2) is 22.7 Å². The molecule has 1 fully saturated rings. The summed E-state index contributed by atoms with van der Waals surface area (Å²) in [6.07, 6.45) is 5.56. The maximum Gasteiger partial charge on any atom is 0.0320 e. The van der Waals surface area contributed by atoms with Crippen LogP contribution in [-0.2, 0) is 0 Å². The summed E-state index contributed by atoms with van der Waals surface area (Å²) in [5.74, 6) is 1.02.